The molecule has 1 aliphatic carbocycles. The summed E-state index contributed by atoms with van der Waals surface area (Å²) >= 11 is 1.59. The van der Waals surface area contributed by atoms with Gasteiger partial charge in [0, 0.05) is 17.9 Å². The van der Waals surface area contributed by atoms with Crippen molar-refractivity contribution < 1.29 is 9.53 Å². The van der Waals surface area contributed by atoms with Gasteiger partial charge in [0.2, 0.25) is 0 Å². The van der Waals surface area contributed by atoms with Gasteiger partial charge in [0.25, 0.3) is 0 Å². The number of thiazole rings is 1. The average molecular weight is 309 g/mol. The van der Waals surface area contributed by atoms with Crippen LogP contribution in [0, 0.1) is 5.92 Å². The molecule has 1 aliphatic rings. The smallest absolute Gasteiger partial charge is 0.168 e. The Kier molecular flexibility index (Phi) is 5.55. The molecular formula is C17H27NO2S. The second kappa shape index (κ2) is 7.01. The van der Waals surface area contributed by atoms with Crippen LogP contribution in [-0.2, 0) is 21.4 Å². The monoisotopic (exact) mass is 309 g/mol. The van der Waals surface area contributed by atoms with Crippen molar-refractivity contribution in [3.05, 3.63) is 16.1 Å². The Bertz CT molecular complexity index is 469. The fourth-order valence-electron chi connectivity index (χ4n) is 3.01. The number of ether oxygens (including phenoxy) is 1. The number of carbonyl (C=O) groups excluding carboxylic acids is 1. The van der Waals surface area contributed by atoms with E-state index < -0.39 is 0 Å². The van der Waals surface area contributed by atoms with Gasteiger partial charge in [-0.15, -0.1) is 11.3 Å². The quantitative estimate of drug-likeness (QED) is 0.820. The lowest BCUT2D eigenvalue weighted by Gasteiger charge is -2.28. The summed E-state index contributed by atoms with van der Waals surface area (Å²) in [6, 6.07) is 0. The standard InChI is InChI=1S/C17H27NO2S/c1-17(2,3)14-11-21-15(18-14)10-13(19)16(20-4)12-8-6-5-7-9-12/h11-12,16H,5-10H2,1-4H3. The molecule has 118 valence electrons. The molecule has 0 amide bonds. The maximum atomic E-state index is 12.5. The van der Waals surface area contributed by atoms with Crippen molar-refractivity contribution in [2.75, 3.05) is 7.11 Å². The molecule has 1 heterocycles. The van der Waals surface area contributed by atoms with Crippen LogP contribution in [0.4, 0.5) is 0 Å². The Morgan fingerprint density at radius 1 is 1.38 bits per heavy atom. The minimum Gasteiger partial charge on any atom is -0.373 e. The SMILES string of the molecule is COC(C(=O)Cc1nc(C(C)(C)C)cs1)C1CCCCC1. The molecule has 21 heavy (non-hydrogen) atoms. The van der Waals surface area contributed by atoms with E-state index in [0.29, 0.717) is 12.3 Å². The lowest BCUT2D eigenvalue weighted by Crippen LogP contribution is -2.34. The number of methoxy groups -OCH3 is 1. The zero-order valence-electron chi connectivity index (χ0n) is 13.6. The summed E-state index contributed by atoms with van der Waals surface area (Å²) < 4.78 is 5.53. The molecule has 1 fully saturated rings. The molecule has 3 nitrogen and oxygen atoms in total. The van der Waals surface area contributed by atoms with Crippen LogP contribution >= 0.6 is 11.3 Å². The van der Waals surface area contributed by atoms with Gasteiger partial charge in [-0.2, -0.15) is 0 Å². The third kappa shape index (κ3) is 4.36. The molecule has 1 unspecified atom stereocenters. The van der Waals surface area contributed by atoms with Crippen molar-refractivity contribution in [3.63, 3.8) is 0 Å². The number of ketones is 1. The number of nitrogens with zero attached hydrogens (tertiary/aromatic N) is 1. The van der Waals surface area contributed by atoms with Crippen LogP contribution in [0.25, 0.3) is 0 Å². The number of aromatic nitrogens is 1. The van der Waals surface area contributed by atoms with Gasteiger partial charge in [0.1, 0.15) is 11.1 Å². The molecule has 1 aromatic heterocycles. The highest BCUT2D eigenvalue weighted by molar-refractivity contribution is 7.09. The van der Waals surface area contributed by atoms with Crippen molar-refractivity contribution in [3.8, 4) is 0 Å². The van der Waals surface area contributed by atoms with E-state index in [4.69, 9.17) is 4.74 Å². The first-order valence-electron chi connectivity index (χ1n) is 7.92. The third-order valence-electron chi connectivity index (χ3n) is 4.29. The predicted molar refractivity (Wildman–Crippen MR) is 86.9 cm³/mol. The van der Waals surface area contributed by atoms with Crippen molar-refractivity contribution in [2.24, 2.45) is 5.92 Å². The van der Waals surface area contributed by atoms with Crippen LogP contribution in [-0.4, -0.2) is 24.0 Å². The van der Waals surface area contributed by atoms with E-state index in [9.17, 15) is 4.79 Å². The molecule has 0 aliphatic heterocycles. The molecule has 0 radical (unpaired) electrons. The highest BCUT2D eigenvalue weighted by atomic mass is 32.1. The molecular weight excluding hydrogens is 282 g/mol. The molecule has 0 bridgehead atoms. The number of hydrogen-bond acceptors (Lipinski definition) is 4. The normalized spacial score (nSPS) is 18.7. The highest BCUT2D eigenvalue weighted by Crippen LogP contribution is 2.29. The van der Waals surface area contributed by atoms with Gasteiger partial charge in [-0.25, -0.2) is 4.98 Å². The average Bonchev–Trinajstić information content (AvgIpc) is 2.89. The summed E-state index contributed by atoms with van der Waals surface area (Å²) in [6.45, 7) is 6.44. The van der Waals surface area contributed by atoms with Gasteiger partial charge < -0.3 is 4.74 Å². The van der Waals surface area contributed by atoms with E-state index in [-0.39, 0.29) is 17.3 Å². The summed E-state index contributed by atoms with van der Waals surface area (Å²) in [6.07, 6.45) is 6.16. The summed E-state index contributed by atoms with van der Waals surface area (Å²) in [4.78, 5) is 17.2. The predicted octanol–water partition coefficient (Wildman–Crippen LogP) is 4.15. The van der Waals surface area contributed by atoms with Gasteiger partial charge in [-0.1, -0.05) is 40.0 Å². The topological polar surface area (TPSA) is 39.2 Å². The van der Waals surface area contributed by atoms with Crippen molar-refractivity contribution in [1.29, 1.82) is 0 Å². The van der Waals surface area contributed by atoms with E-state index in [1.165, 1.54) is 19.3 Å². The van der Waals surface area contributed by atoms with Crippen molar-refractivity contribution in [1.82, 2.24) is 4.98 Å². The van der Waals surface area contributed by atoms with E-state index in [1.807, 2.05) is 0 Å². The molecule has 0 spiro atoms. The summed E-state index contributed by atoms with van der Waals surface area (Å²) in [5, 5.41) is 2.99. The van der Waals surface area contributed by atoms with Crippen molar-refractivity contribution >= 4 is 17.1 Å². The van der Waals surface area contributed by atoms with Crippen LogP contribution in [0.5, 0.6) is 0 Å². The third-order valence-corrected chi connectivity index (χ3v) is 5.14. The molecule has 1 atom stereocenters. The van der Waals surface area contributed by atoms with Crippen LogP contribution < -0.4 is 0 Å². The van der Waals surface area contributed by atoms with Gasteiger partial charge >= 0.3 is 0 Å². The maximum absolute atomic E-state index is 12.5. The highest BCUT2D eigenvalue weighted by Gasteiger charge is 2.30. The second-order valence-corrected chi connectivity index (χ2v) is 8.02. The maximum Gasteiger partial charge on any atom is 0.168 e. The van der Waals surface area contributed by atoms with E-state index >= 15 is 0 Å². The Morgan fingerprint density at radius 3 is 2.57 bits per heavy atom. The van der Waals surface area contributed by atoms with Gasteiger partial charge in [-0.05, 0) is 18.8 Å². The minimum absolute atomic E-state index is 0.0435. The van der Waals surface area contributed by atoms with Crippen LogP contribution in [0.15, 0.2) is 5.38 Å². The Morgan fingerprint density at radius 2 is 2.05 bits per heavy atom. The second-order valence-electron chi connectivity index (χ2n) is 7.07. The largest absolute Gasteiger partial charge is 0.373 e. The molecule has 4 heteroatoms. The summed E-state index contributed by atoms with van der Waals surface area (Å²) in [5.74, 6) is 0.595. The van der Waals surface area contributed by atoms with Gasteiger partial charge in [0.05, 0.1) is 12.1 Å². The Hall–Kier alpha value is -0.740. The first kappa shape index (κ1) is 16.6. The lowest BCUT2D eigenvalue weighted by molar-refractivity contribution is -0.132. The fraction of sp³-hybridized carbons (Fsp3) is 0.765. The van der Waals surface area contributed by atoms with Crippen LogP contribution in [0.2, 0.25) is 0 Å². The summed E-state index contributed by atoms with van der Waals surface area (Å²) in [5.41, 5.74) is 1.11. The molecule has 0 aromatic carbocycles. The zero-order valence-corrected chi connectivity index (χ0v) is 14.5. The minimum atomic E-state index is -0.243. The van der Waals surface area contributed by atoms with E-state index in [2.05, 4.69) is 31.1 Å². The molecule has 1 aromatic rings. The first-order chi connectivity index (χ1) is 9.91. The Balaban J connectivity index is 2.00. The molecule has 1 saturated carbocycles. The number of carbonyl (C=O) groups is 1. The van der Waals surface area contributed by atoms with Crippen LogP contribution in [0.1, 0.15) is 63.6 Å². The fourth-order valence-corrected chi connectivity index (χ4v) is 4.04. The van der Waals surface area contributed by atoms with E-state index in [1.54, 1.807) is 18.4 Å². The van der Waals surface area contributed by atoms with Gasteiger partial charge in [-0.3, -0.25) is 4.79 Å². The first-order valence-corrected chi connectivity index (χ1v) is 8.80. The number of rotatable bonds is 5. The number of hydrogen-bond donors (Lipinski definition) is 0. The van der Waals surface area contributed by atoms with Crippen LogP contribution in [0.3, 0.4) is 0 Å². The van der Waals surface area contributed by atoms with E-state index in [0.717, 1.165) is 23.5 Å². The molecule has 0 N–H and O–H groups in total. The molecule has 2 rings (SSSR count). The molecule has 0 saturated heterocycles. The van der Waals surface area contributed by atoms with Crippen molar-refractivity contribution in [2.45, 2.75) is 70.8 Å². The summed E-state index contributed by atoms with van der Waals surface area (Å²) in [7, 11) is 1.67. The lowest BCUT2D eigenvalue weighted by atomic mass is 9.83. The van der Waals surface area contributed by atoms with Gasteiger partial charge in [0.15, 0.2) is 5.78 Å². The zero-order chi connectivity index (χ0) is 15.5. The number of Topliss-reactive ketones (excluding diaryl/α,β-unsaturated/α-hetero) is 1. The Labute approximate surface area is 132 Å².